The van der Waals surface area contributed by atoms with Crippen molar-refractivity contribution in [1.82, 2.24) is 10.2 Å². The molecule has 4 aromatic rings. The van der Waals surface area contributed by atoms with Crippen LogP contribution in [-0.4, -0.2) is 35.4 Å². The van der Waals surface area contributed by atoms with Crippen molar-refractivity contribution in [2.24, 2.45) is 0 Å². The number of aryl methyl sites for hydroxylation is 1. The fourth-order valence-corrected chi connectivity index (χ4v) is 5.04. The summed E-state index contributed by atoms with van der Waals surface area (Å²) in [7, 11) is 0. The lowest BCUT2D eigenvalue weighted by molar-refractivity contribution is -0.143. The number of benzene rings is 4. The molecule has 0 saturated carbocycles. The summed E-state index contributed by atoms with van der Waals surface area (Å²) in [5, 5.41) is 5.19. The summed E-state index contributed by atoms with van der Waals surface area (Å²) in [6.45, 7) is 6.14. The lowest BCUT2D eigenvalue weighted by atomic mass is 10.0. The van der Waals surface area contributed by atoms with Crippen LogP contribution in [0.1, 0.15) is 37.0 Å². The second-order valence-corrected chi connectivity index (χ2v) is 10.7. The molecule has 0 saturated heterocycles. The van der Waals surface area contributed by atoms with E-state index >= 15 is 0 Å². The van der Waals surface area contributed by atoms with Gasteiger partial charge in [0, 0.05) is 19.0 Å². The fraction of sp³-hybridized carbons (Fsp3) is 0.273. The Morgan fingerprint density at radius 3 is 2.31 bits per heavy atom. The molecule has 0 aliphatic carbocycles. The molecule has 1 N–H and O–H groups in total. The number of rotatable bonds is 11. The molecule has 0 heterocycles. The van der Waals surface area contributed by atoms with E-state index in [1.54, 1.807) is 4.90 Å². The average Bonchev–Trinajstić information content (AvgIpc) is 2.96. The molecule has 0 aliphatic heterocycles. The van der Waals surface area contributed by atoms with Crippen molar-refractivity contribution in [3.8, 4) is 5.75 Å². The van der Waals surface area contributed by atoms with Gasteiger partial charge in [-0.2, -0.15) is 0 Å². The van der Waals surface area contributed by atoms with Crippen LogP contribution >= 0.6 is 15.9 Å². The monoisotopic (exact) mass is 586 g/mol. The molecule has 5 nitrogen and oxygen atoms in total. The molecule has 39 heavy (non-hydrogen) atoms. The van der Waals surface area contributed by atoms with Crippen LogP contribution in [-0.2, 0) is 22.6 Å². The SMILES string of the molecule is CC[C@H](C)NC(=O)[C@H](Cc1ccccc1)N(Cc1ccc(C)cc1)C(=O)COc1ccc2ccccc2c1Br. The maximum atomic E-state index is 13.9. The van der Waals surface area contributed by atoms with E-state index in [9.17, 15) is 9.59 Å². The molecule has 4 rings (SSSR count). The van der Waals surface area contributed by atoms with Crippen LogP contribution in [0.3, 0.4) is 0 Å². The van der Waals surface area contributed by atoms with Gasteiger partial charge in [0.2, 0.25) is 5.91 Å². The maximum Gasteiger partial charge on any atom is 0.261 e. The van der Waals surface area contributed by atoms with Gasteiger partial charge in [0.25, 0.3) is 5.91 Å². The number of carbonyl (C=O) groups excluding carboxylic acids is 2. The smallest absolute Gasteiger partial charge is 0.261 e. The highest BCUT2D eigenvalue weighted by molar-refractivity contribution is 9.10. The van der Waals surface area contributed by atoms with E-state index in [4.69, 9.17) is 4.74 Å². The Morgan fingerprint density at radius 1 is 0.897 bits per heavy atom. The number of carbonyl (C=O) groups is 2. The number of fused-ring (bicyclic) bond motifs is 1. The predicted molar refractivity (Wildman–Crippen MR) is 161 cm³/mol. The van der Waals surface area contributed by atoms with Gasteiger partial charge in [-0.15, -0.1) is 0 Å². The van der Waals surface area contributed by atoms with Gasteiger partial charge in [0.1, 0.15) is 11.8 Å². The molecule has 0 fully saturated rings. The van der Waals surface area contributed by atoms with Crippen molar-refractivity contribution in [2.45, 2.75) is 52.2 Å². The Labute approximate surface area is 239 Å². The number of nitrogens with one attached hydrogen (secondary N) is 1. The van der Waals surface area contributed by atoms with Crippen molar-refractivity contribution in [3.63, 3.8) is 0 Å². The minimum atomic E-state index is -0.696. The highest BCUT2D eigenvalue weighted by atomic mass is 79.9. The zero-order valence-electron chi connectivity index (χ0n) is 22.7. The lowest BCUT2D eigenvalue weighted by Crippen LogP contribution is -2.53. The number of amides is 2. The third kappa shape index (κ3) is 7.48. The Morgan fingerprint density at radius 2 is 1.59 bits per heavy atom. The van der Waals surface area contributed by atoms with Crippen LogP contribution in [0.2, 0.25) is 0 Å². The van der Waals surface area contributed by atoms with Crippen LogP contribution in [0.25, 0.3) is 10.8 Å². The number of nitrogens with zero attached hydrogens (tertiary/aromatic N) is 1. The molecule has 2 atom stereocenters. The first-order valence-electron chi connectivity index (χ1n) is 13.3. The molecular formula is C33H35BrN2O3. The second-order valence-electron chi connectivity index (χ2n) is 9.92. The fourth-order valence-electron chi connectivity index (χ4n) is 4.43. The topological polar surface area (TPSA) is 58.6 Å². The third-order valence-corrected chi connectivity index (χ3v) is 7.74. The number of halogens is 1. The standard InChI is InChI=1S/C33H35BrN2O3/c1-4-24(3)35-33(38)29(20-25-10-6-5-7-11-25)36(21-26-16-14-23(2)15-17-26)31(37)22-39-30-19-18-27-12-8-9-13-28(27)32(30)34/h5-19,24,29H,4,20-22H2,1-3H3,(H,35,38)/t24-,29-/m0/s1. The van der Waals surface area contributed by atoms with Crippen LogP contribution in [0.5, 0.6) is 5.75 Å². The first-order valence-corrected chi connectivity index (χ1v) is 14.1. The summed E-state index contributed by atoms with van der Waals surface area (Å²) in [5.74, 6) is 0.164. The summed E-state index contributed by atoms with van der Waals surface area (Å²) in [6, 6.07) is 29.0. The number of hydrogen-bond donors (Lipinski definition) is 1. The van der Waals surface area contributed by atoms with Crippen molar-refractivity contribution < 1.29 is 14.3 Å². The van der Waals surface area contributed by atoms with E-state index in [1.807, 2.05) is 112 Å². The summed E-state index contributed by atoms with van der Waals surface area (Å²) in [6.07, 6.45) is 1.20. The van der Waals surface area contributed by atoms with Gasteiger partial charge in [-0.3, -0.25) is 9.59 Å². The van der Waals surface area contributed by atoms with Crippen molar-refractivity contribution in [1.29, 1.82) is 0 Å². The van der Waals surface area contributed by atoms with Gasteiger partial charge in [-0.25, -0.2) is 0 Å². The lowest BCUT2D eigenvalue weighted by Gasteiger charge is -2.32. The van der Waals surface area contributed by atoms with Crippen molar-refractivity contribution >= 4 is 38.5 Å². The number of hydrogen-bond acceptors (Lipinski definition) is 3. The Hall–Kier alpha value is -3.64. The first kappa shape index (κ1) is 28.4. The molecule has 2 amide bonds. The Balaban J connectivity index is 1.64. The van der Waals surface area contributed by atoms with Gasteiger partial charge in [-0.05, 0) is 64.2 Å². The van der Waals surface area contributed by atoms with E-state index in [2.05, 4.69) is 21.2 Å². The number of ether oxygens (including phenoxy) is 1. The van der Waals surface area contributed by atoms with Gasteiger partial charge < -0.3 is 15.0 Å². The van der Waals surface area contributed by atoms with Crippen LogP contribution in [0.15, 0.2) is 95.5 Å². The van der Waals surface area contributed by atoms with E-state index in [0.717, 1.165) is 38.4 Å². The second kappa shape index (κ2) is 13.4. The summed E-state index contributed by atoms with van der Waals surface area (Å²) in [5.41, 5.74) is 3.08. The molecule has 202 valence electrons. The summed E-state index contributed by atoms with van der Waals surface area (Å²) >= 11 is 3.65. The molecule has 0 unspecified atom stereocenters. The van der Waals surface area contributed by atoms with E-state index in [1.165, 1.54) is 0 Å². The first-order chi connectivity index (χ1) is 18.9. The Kier molecular flexibility index (Phi) is 9.77. The minimum Gasteiger partial charge on any atom is -0.483 e. The Bertz CT molecular complexity index is 1410. The van der Waals surface area contributed by atoms with Crippen LogP contribution in [0, 0.1) is 6.92 Å². The van der Waals surface area contributed by atoms with Crippen LogP contribution < -0.4 is 10.1 Å². The highest BCUT2D eigenvalue weighted by Crippen LogP contribution is 2.33. The zero-order valence-corrected chi connectivity index (χ0v) is 24.3. The van der Waals surface area contributed by atoms with E-state index < -0.39 is 6.04 Å². The third-order valence-electron chi connectivity index (χ3n) is 6.92. The van der Waals surface area contributed by atoms with Gasteiger partial charge in [0.15, 0.2) is 6.61 Å². The van der Waals surface area contributed by atoms with Crippen molar-refractivity contribution in [3.05, 3.63) is 112 Å². The zero-order chi connectivity index (χ0) is 27.8. The van der Waals surface area contributed by atoms with Crippen molar-refractivity contribution in [2.75, 3.05) is 6.61 Å². The minimum absolute atomic E-state index is 0.00287. The van der Waals surface area contributed by atoms with Gasteiger partial charge in [0.05, 0.1) is 4.47 Å². The molecule has 0 radical (unpaired) electrons. The average molecular weight is 588 g/mol. The molecule has 0 aliphatic rings. The predicted octanol–water partition coefficient (Wildman–Crippen LogP) is 6.84. The van der Waals surface area contributed by atoms with Gasteiger partial charge in [-0.1, -0.05) is 97.4 Å². The van der Waals surface area contributed by atoms with Crippen LogP contribution in [0.4, 0.5) is 0 Å². The molecular weight excluding hydrogens is 552 g/mol. The molecule has 0 aromatic heterocycles. The molecule has 4 aromatic carbocycles. The summed E-state index contributed by atoms with van der Waals surface area (Å²) < 4.78 is 6.86. The van der Waals surface area contributed by atoms with E-state index in [0.29, 0.717) is 18.7 Å². The highest BCUT2D eigenvalue weighted by Gasteiger charge is 2.31. The summed E-state index contributed by atoms with van der Waals surface area (Å²) in [4.78, 5) is 29.1. The molecule has 0 spiro atoms. The van der Waals surface area contributed by atoms with E-state index in [-0.39, 0.29) is 24.5 Å². The van der Waals surface area contributed by atoms with Gasteiger partial charge >= 0.3 is 0 Å². The molecule has 0 bridgehead atoms. The quantitative estimate of drug-likeness (QED) is 0.209. The molecule has 6 heteroatoms. The largest absolute Gasteiger partial charge is 0.483 e. The maximum absolute atomic E-state index is 13.9. The normalized spacial score (nSPS) is 12.5.